The minimum absolute atomic E-state index is 0.0656. The maximum Gasteiger partial charge on any atom is 0.232 e. The molecule has 4 rings (SSSR count). The molecule has 1 atom stereocenters. The second-order valence-corrected chi connectivity index (χ2v) is 6.79. The summed E-state index contributed by atoms with van der Waals surface area (Å²) in [5, 5.41) is 4.04. The van der Waals surface area contributed by atoms with Crippen LogP contribution in [0.5, 0.6) is 11.5 Å². The number of carbonyl (C=O) groups is 1. The van der Waals surface area contributed by atoms with Crippen LogP contribution in [0.4, 0.5) is 4.39 Å². The lowest BCUT2D eigenvalue weighted by atomic mass is 10.1. The molecule has 2 heterocycles. The summed E-state index contributed by atoms with van der Waals surface area (Å²) in [7, 11) is 3.12. The quantitative estimate of drug-likeness (QED) is 0.634. The van der Waals surface area contributed by atoms with E-state index in [1.54, 1.807) is 55.5 Å². The van der Waals surface area contributed by atoms with Gasteiger partial charge in [-0.3, -0.25) is 4.79 Å². The van der Waals surface area contributed by atoms with Crippen LogP contribution in [-0.2, 0) is 11.3 Å². The fraction of sp³-hybridized carbons (Fsp3) is 0.286. The van der Waals surface area contributed by atoms with Crippen LogP contribution in [0.1, 0.15) is 23.8 Å². The van der Waals surface area contributed by atoms with E-state index in [4.69, 9.17) is 14.0 Å². The zero-order valence-electron chi connectivity index (χ0n) is 16.1. The van der Waals surface area contributed by atoms with Gasteiger partial charge in [-0.1, -0.05) is 23.4 Å². The molecule has 150 valence electrons. The molecule has 1 aliphatic rings. The molecule has 1 amide bonds. The molecule has 7 nitrogen and oxygen atoms in total. The van der Waals surface area contributed by atoms with Crippen LogP contribution in [-0.4, -0.2) is 41.7 Å². The lowest BCUT2D eigenvalue weighted by Crippen LogP contribution is -2.24. The molecule has 3 aromatic rings. The summed E-state index contributed by atoms with van der Waals surface area (Å²) in [6, 6.07) is 11.8. The summed E-state index contributed by atoms with van der Waals surface area (Å²) < 4.78 is 29.9. The van der Waals surface area contributed by atoms with Gasteiger partial charge < -0.3 is 18.9 Å². The molecule has 0 aliphatic carbocycles. The van der Waals surface area contributed by atoms with Gasteiger partial charge in [0.15, 0.2) is 11.5 Å². The lowest BCUT2D eigenvalue weighted by Gasteiger charge is -2.16. The van der Waals surface area contributed by atoms with Crippen LogP contribution >= 0.6 is 0 Å². The molecule has 0 spiro atoms. The first kappa shape index (κ1) is 18.9. The van der Waals surface area contributed by atoms with Gasteiger partial charge in [-0.05, 0) is 24.3 Å². The number of halogens is 1. The van der Waals surface area contributed by atoms with E-state index in [-0.39, 0.29) is 30.6 Å². The normalized spacial score (nSPS) is 16.3. The Hall–Kier alpha value is -3.42. The van der Waals surface area contributed by atoms with Crippen LogP contribution < -0.4 is 9.47 Å². The van der Waals surface area contributed by atoms with Crippen molar-refractivity contribution in [1.29, 1.82) is 0 Å². The average molecular weight is 397 g/mol. The Bertz CT molecular complexity index is 1040. The van der Waals surface area contributed by atoms with Gasteiger partial charge >= 0.3 is 0 Å². The molecule has 0 radical (unpaired) electrons. The number of benzene rings is 2. The average Bonchev–Trinajstić information content (AvgIpc) is 3.36. The number of rotatable bonds is 6. The molecule has 1 fully saturated rings. The summed E-state index contributed by atoms with van der Waals surface area (Å²) in [4.78, 5) is 18.5. The number of methoxy groups -OCH3 is 2. The molecule has 1 aliphatic heterocycles. The predicted molar refractivity (Wildman–Crippen MR) is 102 cm³/mol. The summed E-state index contributed by atoms with van der Waals surface area (Å²) in [5.74, 6) is 1.34. The van der Waals surface area contributed by atoms with Gasteiger partial charge in [0, 0.05) is 30.6 Å². The first-order valence-corrected chi connectivity index (χ1v) is 9.16. The van der Waals surface area contributed by atoms with Crippen molar-refractivity contribution in [3.8, 4) is 22.9 Å². The number of carbonyl (C=O) groups excluding carboxylic acids is 1. The van der Waals surface area contributed by atoms with Crippen molar-refractivity contribution in [1.82, 2.24) is 15.0 Å². The summed E-state index contributed by atoms with van der Waals surface area (Å²) in [6.07, 6.45) is 0.252. The second kappa shape index (κ2) is 7.90. The van der Waals surface area contributed by atoms with Crippen molar-refractivity contribution < 1.29 is 23.2 Å². The highest BCUT2D eigenvalue weighted by Gasteiger charge is 2.34. The summed E-state index contributed by atoms with van der Waals surface area (Å²) >= 11 is 0. The molecule has 1 aromatic heterocycles. The number of amides is 1. The maximum atomic E-state index is 13.9. The number of likely N-dealkylation sites (tertiary alicyclic amines) is 1. The van der Waals surface area contributed by atoms with E-state index in [9.17, 15) is 9.18 Å². The molecule has 0 saturated carbocycles. The smallest absolute Gasteiger partial charge is 0.232 e. The number of hydrogen-bond acceptors (Lipinski definition) is 6. The fourth-order valence-corrected chi connectivity index (χ4v) is 3.42. The molecule has 8 heteroatoms. The Morgan fingerprint density at radius 1 is 1.17 bits per heavy atom. The van der Waals surface area contributed by atoms with Gasteiger partial charge in [0.05, 0.1) is 20.1 Å². The van der Waals surface area contributed by atoms with Crippen LogP contribution in [0.15, 0.2) is 47.0 Å². The zero-order valence-corrected chi connectivity index (χ0v) is 16.1. The highest BCUT2D eigenvalue weighted by Crippen LogP contribution is 2.33. The maximum absolute atomic E-state index is 13.9. The molecule has 1 saturated heterocycles. The zero-order chi connectivity index (χ0) is 20.4. The minimum Gasteiger partial charge on any atom is -0.493 e. The molecule has 0 bridgehead atoms. The van der Waals surface area contributed by atoms with Crippen LogP contribution in [0.2, 0.25) is 0 Å². The van der Waals surface area contributed by atoms with Gasteiger partial charge in [-0.15, -0.1) is 0 Å². The molecular formula is C21H20FN3O4. The first-order valence-electron chi connectivity index (χ1n) is 9.16. The summed E-state index contributed by atoms with van der Waals surface area (Å²) in [6.45, 7) is 0.624. The van der Waals surface area contributed by atoms with E-state index >= 15 is 0 Å². The SMILES string of the molecule is COc1ccc(-c2noc(C3CC(=O)N(Cc4ccccc4F)C3)n2)cc1OC. The van der Waals surface area contributed by atoms with Crippen molar-refractivity contribution in [3.05, 3.63) is 59.7 Å². The van der Waals surface area contributed by atoms with Gasteiger partial charge in [0.1, 0.15) is 5.82 Å². The van der Waals surface area contributed by atoms with Crippen molar-refractivity contribution in [2.75, 3.05) is 20.8 Å². The van der Waals surface area contributed by atoms with E-state index in [0.717, 1.165) is 0 Å². The monoisotopic (exact) mass is 397 g/mol. The molecular weight excluding hydrogens is 377 g/mol. The Morgan fingerprint density at radius 2 is 1.97 bits per heavy atom. The number of aromatic nitrogens is 2. The molecule has 2 aromatic carbocycles. The number of nitrogens with zero attached hydrogens (tertiary/aromatic N) is 3. The lowest BCUT2D eigenvalue weighted by molar-refractivity contribution is -0.128. The largest absolute Gasteiger partial charge is 0.493 e. The predicted octanol–water partition coefficient (Wildman–Crippen LogP) is 3.41. The second-order valence-electron chi connectivity index (χ2n) is 6.79. The minimum atomic E-state index is -0.322. The van der Waals surface area contributed by atoms with Crippen molar-refractivity contribution in [3.63, 3.8) is 0 Å². The highest BCUT2D eigenvalue weighted by molar-refractivity contribution is 5.79. The standard InChI is InChI=1S/C21H20FN3O4/c1-27-17-8-7-13(9-18(17)28-2)20-23-21(29-24-20)15-10-19(26)25(12-15)11-14-5-3-4-6-16(14)22/h3-9,15H,10-12H2,1-2H3. The van der Waals surface area contributed by atoms with E-state index < -0.39 is 0 Å². The third-order valence-corrected chi connectivity index (χ3v) is 4.97. The van der Waals surface area contributed by atoms with Gasteiger partial charge in [-0.25, -0.2) is 4.39 Å². The van der Waals surface area contributed by atoms with Crippen LogP contribution in [0, 0.1) is 5.82 Å². The Morgan fingerprint density at radius 3 is 2.72 bits per heavy atom. The van der Waals surface area contributed by atoms with E-state index in [1.165, 1.54) is 6.07 Å². The Labute approximate surface area is 167 Å². The van der Waals surface area contributed by atoms with Gasteiger partial charge in [0.25, 0.3) is 0 Å². The molecule has 1 unspecified atom stereocenters. The van der Waals surface area contributed by atoms with E-state index in [1.807, 2.05) is 0 Å². The van der Waals surface area contributed by atoms with Gasteiger partial charge in [0.2, 0.25) is 17.6 Å². The summed E-state index contributed by atoms with van der Waals surface area (Å²) in [5.41, 5.74) is 1.20. The molecule has 0 N–H and O–H groups in total. The Balaban J connectivity index is 1.50. The van der Waals surface area contributed by atoms with E-state index in [2.05, 4.69) is 10.1 Å². The topological polar surface area (TPSA) is 77.7 Å². The fourth-order valence-electron chi connectivity index (χ4n) is 3.42. The van der Waals surface area contributed by atoms with Crippen molar-refractivity contribution in [2.24, 2.45) is 0 Å². The van der Waals surface area contributed by atoms with Crippen molar-refractivity contribution in [2.45, 2.75) is 18.9 Å². The van der Waals surface area contributed by atoms with Crippen LogP contribution in [0.25, 0.3) is 11.4 Å². The number of hydrogen-bond donors (Lipinski definition) is 0. The first-order chi connectivity index (χ1) is 14.1. The Kier molecular flexibility index (Phi) is 5.16. The van der Waals surface area contributed by atoms with Crippen LogP contribution in [0.3, 0.4) is 0 Å². The highest BCUT2D eigenvalue weighted by atomic mass is 19.1. The number of ether oxygens (including phenoxy) is 2. The van der Waals surface area contributed by atoms with Crippen molar-refractivity contribution >= 4 is 5.91 Å². The molecule has 29 heavy (non-hydrogen) atoms. The van der Waals surface area contributed by atoms with E-state index in [0.29, 0.717) is 40.9 Å². The third-order valence-electron chi connectivity index (χ3n) is 4.97. The third kappa shape index (κ3) is 3.78. The van der Waals surface area contributed by atoms with Gasteiger partial charge in [-0.2, -0.15) is 4.98 Å².